The number of carbonyl (C=O) groups is 1. The second-order valence-corrected chi connectivity index (χ2v) is 6.29. The molecule has 2 rings (SSSR count). The highest BCUT2D eigenvalue weighted by atomic mass is 16.3. The summed E-state index contributed by atoms with van der Waals surface area (Å²) in [6.07, 6.45) is 0.531. The molecule has 1 aromatic heterocycles. The number of para-hydroxylation sites is 1. The number of benzene rings is 1. The molecule has 1 unspecified atom stereocenters. The van der Waals surface area contributed by atoms with E-state index in [-0.39, 0.29) is 24.0 Å². The van der Waals surface area contributed by atoms with E-state index in [1.54, 1.807) is 6.07 Å². The molecule has 0 radical (unpaired) electrons. The van der Waals surface area contributed by atoms with E-state index in [2.05, 4.69) is 10.3 Å². The third kappa shape index (κ3) is 3.79. The number of aliphatic hydroxyl groups excluding tert-OH is 1. The zero-order chi connectivity index (χ0) is 15.5. The predicted octanol–water partition coefficient (Wildman–Crippen LogP) is 2.76. The van der Waals surface area contributed by atoms with Crippen molar-refractivity contribution in [1.82, 2.24) is 10.3 Å². The maximum Gasteiger partial charge on any atom is 0.270 e. The van der Waals surface area contributed by atoms with Crippen LogP contribution in [0.25, 0.3) is 10.9 Å². The van der Waals surface area contributed by atoms with Gasteiger partial charge >= 0.3 is 0 Å². The average molecular weight is 286 g/mol. The Hall–Kier alpha value is -1.94. The van der Waals surface area contributed by atoms with Gasteiger partial charge in [-0.2, -0.15) is 0 Å². The average Bonchev–Trinajstić information content (AvgIpc) is 2.45. The first-order chi connectivity index (χ1) is 9.91. The minimum atomic E-state index is -0.200. The number of nitrogens with zero attached hydrogens (tertiary/aromatic N) is 1. The molecule has 1 aromatic carbocycles. The van der Waals surface area contributed by atoms with Crippen molar-refractivity contribution >= 4 is 16.8 Å². The van der Waals surface area contributed by atoms with E-state index in [1.165, 1.54) is 0 Å². The van der Waals surface area contributed by atoms with E-state index in [9.17, 15) is 4.79 Å². The van der Waals surface area contributed by atoms with Crippen LogP contribution in [0.4, 0.5) is 0 Å². The molecule has 0 fully saturated rings. The highest BCUT2D eigenvalue weighted by Crippen LogP contribution is 2.22. The normalized spacial score (nSPS) is 13.1. The molecule has 4 nitrogen and oxygen atoms in total. The number of aromatic nitrogens is 1. The van der Waals surface area contributed by atoms with Crippen molar-refractivity contribution in [3.05, 3.63) is 42.1 Å². The Morgan fingerprint density at radius 3 is 2.62 bits per heavy atom. The highest BCUT2D eigenvalue weighted by Gasteiger charge is 2.26. The van der Waals surface area contributed by atoms with Gasteiger partial charge in [-0.1, -0.05) is 45.0 Å². The molecule has 112 valence electrons. The maximum atomic E-state index is 12.4. The Labute approximate surface area is 125 Å². The van der Waals surface area contributed by atoms with Gasteiger partial charge in [0.25, 0.3) is 5.91 Å². The number of hydrogen-bond donors (Lipinski definition) is 2. The van der Waals surface area contributed by atoms with Crippen LogP contribution in [0.3, 0.4) is 0 Å². The number of rotatable bonds is 4. The molecular weight excluding hydrogens is 264 g/mol. The molecule has 2 aromatic rings. The predicted molar refractivity (Wildman–Crippen MR) is 84.2 cm³/mol. The molecule has 0 saturated carbocycles. The van der Waals surface area contributed by atoms with Crippen molar-refractivity contribution in [2.75, 3.05) is 6.61 Å². The van der Waals surface area contributed by atoms with Crippen LogP contribution in [0.5, 0.6) is 0 Å². The van der Waals surface area contributed by atoms with Crippen LogP contribution >= 0.6 is 0 Å². The van der Waals surface area contributed by atoms with E-state index in [0.29, 0.717) is 12.1 Å². The number of fused-ring (bicyclic) bond motifs is 1. The molecule has 0 spiro atoms. The van der Waals surface area contributed by atoms with E-state index < -0.39 is 0 Å². The fraction of sp³-hybridized carbons (Fsp3) is 0.412. The molecule has 1 atom stereocenters. The zero-order valence-corrected chi connectivity index (χ0v) is 12.8. The van der Waals surface area contributed by atoms with Gasteiger partial charge in [-0.05, 0) is 24.0 Å². The molecule has 2 N–H and O–H groups in total. The van der Waals surface area contributed by atoms with E-state index in [0.717, 1.165) is 10.9 Å². The lowest BCUT2D eigenvalue weighted by Crippen LogP contribution is -2.44. The minimum absolute atomic E-state index is 0.0490. The first-order valence-electron chi connectivity index (χ1n) is 7.19. The molecule has 0 aliphatic carbocycles. The fourth-order valence-electron chi connectivity index (χ4n) is 2.28. The Morgan fingerprint density at radius 2 is 1.95 bits per heavy atom. The van der Waals surface area contributed by atoms with Gasteiger partial charge in [0.05, 0.1) is 5.52 Å². The van der Waals surface area contributed by atoms with Crippen molar-refractivity contribution in [3.63, 3.8) is 0 Å². The van der Waals surface area contributed by atoms with Crippen LogP contribution in [-0.4, -0.2) is 28.6 Å². The minimum Gasteiger partial charge on any atom is -0.396 e. The standard InChI is InChI=1S/C17H22N2O2/c1-17(2,3)15(10-11-20)19-16(21)14-9-8-12-6-4-5-7-13(12)18-14/h4-9,15,20H,10-11H2,1-3H3,(H,19,21). The maximum absolute atomic E-state index is 12.4. The summed E-state index contributed by atoms with van der Waals surface area (Å²) >= 11 is 0. The summed E-state index contributed by atoms with van der Waals surface area (Å²) in [4.78, 5) is 16.8. The van der Waals surface area contributed by atoms with Gasteiger partial charge in [-0.3, -0.25) is 4.79 Å². The van der Waals surface area contributed by atoms with Gasteiger partial charge < -0.3 is 10.4 Å². The number of carbonyl (C=O) groups excluding carboxylic acids is 1. The number of nitrogens with one attached hydrogen (secondary N) is 1. The van der Waals surface area contributed by atoms with Crippen LogP contribution in [-0.2, 0) is 0 Å². The van der Waals surface area contributed by atoms with Gasteiger partial charge in [-0.25, -0.2) is 4.98 Å². The molecule has 21 heavy (non-hydrogen) atoms. The van der Waals surface area contributed by atoms with Crippen LogP contribution in [0.2, 0.25) is 0 Å². The van der Waals surface area contributed by atoms with Gasteiger partial charge in [0.1, 0.15) is 5.69 Å². The summed E-state index contributed by atoms with van der Waals surface area (Å²) in [5.74, 6) is -0.200. The van der Waals surface area contributed by atoms with Crippen molar-refractivity contribution in [2.24, 2.45) is 5.41 Å². The number of aliphatic hydroxyl groups is 1. The topological polar surface area (TPSA) is 62.2 Å². The van der Waals surface area contributed by atoms with Gasteiger partial charge in [0, 0.05) is 18.0 Å². The molecule has 0 aliphatic rings. The van der Waals surface area contributed by atoms with Gasteiger partial charge in [0.15, 0.2) is 0 Å². The van der Waals surface area contributed by atoms with Crippen LogP contribution in [0, 0.1) is 5.41 Å². The molecule has 1 heterocycles. The lowest BCUT2D eigenvalue weighted by molar-refractivity contribution is 0.0880. The third-order valence-electron chi connectivity index (χ3n) is 3.60. The van der Waals surface area contributed by atoms with E-state index in [1.807, 2.05) is 51.1 Å². The molecule has 0 saturated heterocycles. The second-order valence-electron chi connectivity index (χ2n) is 6.29. The number of amides is 1. The monoisotopic (exact) mass is 286 g/mol. The van der Waals surface area contributed by atoms with Gasteiger partial charge in [-0.15, -0.1) is 0 Å². The van der Waals surface area contributed by atoms with Crippen molar-refractivity contribution in [1.29, 1.82) is 0 Å². The highest BCUT2D eigenvalue weighted by molar-refractivity contribution is 5.95. The summed E-state index contributed by atoms with van der Waals surface area (Å²) in [7, 11) is 0. The van der Waals surface area contributed by atoms with E-state index in [4.69, 9.17) is 5.11 Å². The van der Waals surface area contributed by atoms with Crippen molar-refractivity contribution < 1.29 is 9.90 Å². The number of pyridine rings is 1. The summed E-state index contributed by atoms with van der Waals surface area (Å²) in [5.41, 5.74) is 1.09. The van der Waals surface area contributed by atoms with Crippen molar-refractivity contribution in [2.45, 2.75) is 33.2 Å². The van der Waals surface area contributed by atoms with Crippen LogP contribution < -0.4 is 5.32 Å². The Kier molecular flexibility index (Phi) is 4.58. The van der Waals surface area contributed by atoms with E-state index >= 15 is 0 Å². The summed E-state index contributed by atoms with van der Waals surface area (Å²) < 4.78 is 0. The second kappa shape index (κ2) is 6.22. The molecule has 1 amide bonds. The number of hydrogen-bond acceptors (Lipinski definition) is 3. The smallest absolute Gasteiger partial charge is 0.270 e. The summed E-state index contributed by atoms with van der Waals surface area (Å²) in [6.45, 7) is 6.18. The van der Waals surface area contributed by atoms with Crippen LogP contribution in [0.1, 0.15) is 37.7 Å². The van der Waals surface area contributed by atoms with Gasteiger partial charge in [0.2, 0.25) is 0 Å². The third-order valence-corrected chi connectivity index (χ3v) is 3.60. The molecule has 4 heteroatoms. The SMILES string of the molecule is CC(C)(C)C(CCO)NC(=O)c1ccc2ccccc2n1. The lowest BCUT2D eigenvalue weighted by Gasteiger charge is -2.31. The Morgan fingerprint density at radius 1 is 1.24 bits per heavy atom. The fourth-order valence-corrected chi connectivity index (χ4v) is 2.28. The lowest BCUT2D eigenvalue weighted by atomic mass is 9.85. The molecule has 0 bridgehead atoms. The Balaban J connectivity index is 2.21. The Bertz CT molecular complexity index is 632. The van der Waals surface area contributed by atoms with Crippen molar-refractivity contribution in [3.8, 4) is 0 Å². The quantitative estimate of drug-likeness (QED) is 0.908. The largest absolute Gasteiger partial charge is 0.396 e. The van der Waals surface area contributed by atoms with Crippen LogP contribution in [0.15, 0.2) is 36.4 Å². The first-order valence-corrected chi connectivity index (χ1v) is 7.19. The zero-order valence-electron chi connectivity index (χ0n) is 12.8. The summed E-state index contributed by atoms with van der Waals surface area (Å²) in [6, 6.07) is 11.2. The summed E-state index contributed by atoms with van der Waals surface area (Å²) in [5, 5.41) is 13.1. The molecule has 0 aliphatic heterocycles. The molecular formula is C17H22N2O2. The first kappa shape index (κ1) is 15.4.